The topological polar surface area (TPSA) is 147 Å². The van der Waals surface area contributed by atoms with E-state index in [4.69, 9.17) is 5.11 Å². The van der Waals surface area contributed by atoms with Crippen LogP contribution in [0.15, 0.2) is 0 Å². The van der Waals surface area contributed by atoms with Crippen molar-refractivity contribution >= 4 is 15.2 Å². The average Bonchev–Trinajstić information content (AvgIpc) is 1.56. The van der Waals surface area contributed by atoms with E-state index in [1.165, 1.54) is 0 Å². The van der Waals surface area contributed by atoms with Crippen LogP contribution in [0.3, 0.4) is 0 Å². The van der Waals surface area contributed by atoms with E-state index in [-0.39, 0.29) is 20.4 Å². The Hall–Kier alpha value is 0.922. The van der Waals surface area contributed by atoms with E-state index >= 15 is 0 Å². The zero-order chi connectivity index (χ0) is 9.28. The van der Waals surface area contributed by atoms with Crippen LogP contribution < -0.4 is 19.6 Å². The van der Waals surface area contributed by atoms with Gasteiger partial charge in [-0.1, -0.05) is 15.2 Å². The van der Waals surface area contributed by atoms with Gasteiger partial charge in [0.25, 0.3) is 0 Å². The summed E-state index contributed by atoms with van der Waals surface area (Å²) in [6.45, 7) is -1.49. The maximum absolute atomic E-state index is 9.95. The largest absolute Gasteiger partial charge is 0.810 e. The minimum absolute atomic E-state index is 0. The van der Waals surface area contributed by atoms with Crippen molar-refractivity contribution in [1.29, 1.82) is 0 Å². The maximum atomic E-state index is 9.95. The molecular weight excluding hydrogens is 384 g/mol. The van der Waals surface area contributed by atoms with Gasteiger partial charge in [-0.3, -0.25) is 0 Å². The maximum Gasteiger partial charge on any atom is 0.0551 e. The number of hydrogen-bond donors (Lipinski definition) is 1. The summed E-state index contributed by atoms with van der Waals surface area (Å²) in [6, 6.07) is 0. The van der Waals surface area contributed by atoms with Crippen LogP contribution in [-0.4, -0.2) is 17.1 Å². The van der Waals surface area contributed by atoms with Gasteiger partial charge < -0.3 is 33.8 Å². The van der Waals surface area contributed by atoms with E-state index in [0.29, 0.717) is 0 Å². The fourth-order valence-electron chi connectivity index (χ4n) is 0.373. The second-order valence-electron chi connectivity index (χ2n) is 1.74. The van der Waals surface area contributed by atoms with Gasteiger partial charge in [-0.05, 0) is 0 Å². The molecule has 75 valence electrons. The van der Waals surface area contributed by atoms with Crippen molar-refractivity contribution in [2.45, 2.75) is 5.40 Å². The van der Waals surface area contributed by atoms with Crippen molar-refractivity contribution in [3.8, 4) is 0 Å². The third-order valence-corrected chi connectivity index (χ3v) is 4.38. The molecule has 1 radical (unpaired) electrons. The van der Waals surface area contributed by atoms with Gasteiger partial charge in [0, 0.05) is 25.8 Å². The van der Waals surface area contributed by atoms with Crippen LogP contribution in [-0.2, 0) is 29.6 Å². The third-order valence-electron chi connectivity index (χ3n) is 0.893. The Balaban J connectivity index is 0. The fourth-order valence-corrected chi connectivity index (χ4v) is 2.16. The molecule has 0 fully saturated rings. The molecule has 10 heteroatoms. The van der Waals surface area contributed by atoms with Crippen LogP contribution in [0.4, 0.5) is 0 Å². The van der Waals surface area contributed by atoms with Crippen LogP contribution in [0.1, 0.15) is 0 Å². The van der Waals surface area contributed by atoms with Crippen molar-refractivity contribution in [3.63, 3.8) is 0 Å². The Kier molecular flexibility index (Phi) is 6.37. The van der Waals surface area contributed by atoms with Crippen LogP contribution in [0.5, 0.6) is 0 Å². The predicted octanol–water partition coefficient (Wildman–Crippen LogP) is -3.87. The van der Waals surface area contributed by atoms with Gasteiger partial charge >= 0.3 is 0 Å². The van der Waals surface area contributed by atoms with Gasteiger partial charge in [-0.15, -0.1) is 0 Å². The van der Waals surface area contributed by atoms with Gasteiger partial charge in [0.05, 0.1) is 6.61 Å². The van der Waals surface area contributed by atoms with E-state index in [1.54, 1.807) is 0 Å². The number of aliphatic hydroxyl groups excluding tert-OH is 1. The normalized spacial score (nSPS) is 12.8. The summed E-state index contributed by atoms with van der Waals surface area (Å²) in [5, 5.41) is 5.31. The van der Waals surface area contributed by atoms with Gasteiger partial charge in [0.1, 0.15) is 0 Å². The molecule has 0 bridgehead atoms. The Morgan fingerprint density at radius 2 is 1.33 bits per heavy atom. The minimum atomic E-state index is -5.54. The van der Waals surface area contributed by atoms with Crippen LogP contribution >= 0.6 is 15.2 Å². The van der Waals surface area contributed by atoms with E-state index in [2.05, 4.69) is 0 Å². The molecule has 0 aliphatic rings. The molecule has 12 heavy (non-hydrogen) atoms. The summed E-state index contributed by atoms with van der Waals surface area (Å²) in [5.41, 5.74) is 0. The molecule has 1 N–H and O–H groups in total. The molecule has 0 aromatic rings. The summed E-state index contributed by atoms with van der Waals surface area (Å²) >= 11 is 0. The molecule has 0 amide bonds. The summed E-state index contributed by atoms with van der Waals surface area (Å²) in [6.07, 6.45) is 0. The number of rotatable bonds is 3. The van der Waals surface area contributed by atoms with E-state index in [1.807, 2.05) is 0 Å². The van der Waals surface area contributed by atoms with Crippen molar-refractivity contribution in [2.75, 3.05) is 6.61 Å². The van der Waals surface area contributed by atoms with E-state index in [0.717, 1.165) is 0 Å². The molecule has 0 aliphatic heterocycles. The first kappa shape index (κ1) is 15.4. The molecule has 0 aromatic carbocycles. The Morgan fingerprint density at radius 1 is 1.08 bits per heavy atom. The molecule has 0 heterocycles. The summed E-state index contributed by atoms with van der Waals surface area (Å²) in [5.74, 6) is 0. The molecule has 0 spiro atoms. The molecular formula is C2H4O7P2Re-4. The third kappa shape index (κ3) is 4.83. The SMILES string of the molecule is O=P([O-])([O-])C(CO)P(=O)([O-])[O-].[Re]. The molecule has 7 nitrogen and oxygen atoms in total. The summed E-state index contributed by atoms with van der Waals surface area (Å²) in [7, 11) is -11.1. The average molecular weight is 388 g/mol. The van der Waals surface area contributed by atoms with Crippen molar-refractivity contribution in [3.05, 3.63) is 0 Å². The van der Waals surface area contributed by atoms with Crippen LogP contribution in [0, 0.1) is 0 Å². The first-order valence-corrected chi connectivity index (χ1v) is 5.56. The smallest absolute Gasteiger partial charge is 0.0551 e. The zero-order valence-corrected chi connectivity index (χ0v) is 9.96. The van der Waals surface area contributed by atoms with E-state index in [9.17, 15) is 28.7 Å². The summed E-state index contributed by atoms with van der Waals surface area (Å²) in [4.78, 5) is 39.8. The van der Waals surface area contributed by atoms with Gasteiger partial charge in [-0.2, -0.15) is 0 Å². The van der Waals surface area contributed by atoms with Crippen molar-refractivity contribution in [1.82, 2.24) is 0 Å². The molecule has 0 unspecified atom stereocenters. The Bertz CT molecular complexity index is 193. The molecule has 0 aliphatic carbocycles. The monoisotopic (exact) mass is 389 g/mol. The van der Waals surface area contributed by atoms with Crippen molar-refractivity contribution in [2.24, 2.45) is 0 Å². The van der Waals surface area contributed by atoms with Crippen LogP contribution in [0.2, 0.25) is 0 Å². The Labute approximate surface area is 81.8 Å². The first-order valence-electron chi connectivity index (χ1n) is 2.34. The van der Waals surface area contributed by atoms with E-state index < -0.39 is 27.2 Å². The number of aliphatic hydroxyl groups is 1. The number of hydrogen-bond acceptors (Lipinski definition) is 7. The molecule has 0 atom stereocenters. The molecule has 0 saturated carbocycles. The predicted molar refractivity (Wildman–Crippen MR) is 26.1 cm³/mol. The van der Waals surface area contributed by atoms with Gasteiger partial charge in [-0.25, -0.2) is 0 Å². The molecule has 0 aromatic heterocycles. The second kappa shape index (κ2) is 4.97. The quantitative estimate of drug-likeness (QED) is 0.487. The zero-order valence-electron chi connectivity index (χ0n) is 5.45. The first-order chi connectivity index (χ1) is 4.69. The van der Waals surface area contributed by atoms with Gasteiger partial charge in [0.15, 0.2) is 0 Å². The molecule has 0 rings (SSSR count). The molecule has 0 saturated heterocycles. The van der Waals surface area contributed by atoms with Crippen LogP contribution in [0.25, 0.3) is 0 Å². The fraction of sp³-hybridized carbons (Fsp3) is 1.00. The standard InChI is InChI=1S/C2H8O7P2.Re/c3-1-2(10(4,5)6)11(7,8)9;/h2-3H,1H2,(H2,4,5,6)(H2,7,8,9);/p-4. The van der Waals surface area contributed by atoms with Crippen molar-refractivity contribution < 1.29 is 54.2 Å². The summed E-state index contributed by atoms with van der Waals surface area (Å²) < 4.78 is 19.9. The Morgan fingerprint density at radius 3 is 1.33 bits per heavy atom. The minimum Gasteiger partial charge on any atom is -0.810 e. The van der Waals surface area contributed by atoms with Gasteiger partial charge in [0.2, 0.25) is 0 Å². The second-order valence-corrected chi connectivity index (χ2v) is 5.56.